The van der Waals surface area contributed by atoms with Crippen molar-refractivity contribution in [3.05, 3.63) is 128 Å². The summed E-state index contributed by atoms with van der Waals surface area (Å²) in [4.78, 5) is 30.8. The van der Waals surface area contributed by atoms with E-state index in [1.165, 1.54) is 0 Å². The van der Waals surface area contributed by atoms with E-state index >= 15 is 0 Å². The Morgan fingerprint density at radius 3 is 2.04 bits per heavy atom. The summed E-state index contributed by atoms with van der Waals surface area (Å²) in [7, 11) is 1.61. The third-order valence-electron chi connectivity index (χ3n) is 6.85. The van der Waals surface area contributed by atoms with E-state index in [1.807, 2.05) is 97.1 Å². The van der Waals surface area contributed by atoms with Crippen LogP contribution in [-0.4, -0.2) is 44.5 Å². The Morgan fingerprint density at radius 2 is 1.38 bits per heavy atom. The van der Waals surface area contributed by atoms with Crippen LogP contribution in [0.15, 0.2) is 111 Å². The molecule has 246 valence electrons. The molecular formula is C36H37Br2N3O6. The fourth-order valence-corrected chi connectivity index (χ4v) is 5.89. The fourth-order valence-electron chi connectivity index (χ4n) is 4.38. The van der Waals surface area contributed by atoms with Gasteiger partial charge in [-0.05, 0) is 91.2 Å². The lowest BCUT2D eigenvalue weighted by Crippen LogP contribution is -2.34. The van der Waals surface area contributed by atoms with Crippen molar-refractivity contribution in [2.24, 2.45) is 5.16 Å². The van der Waals surface area contributed by atoms with Gasteiger partial charge in [-0.15, -0.1) is 0 Å². The van der Waals surface area contributed by atoms with Crippen molar-refractivity contribution in [2.75, 3.05) is 26.8 Å². The minimum absolute atomic E-state index is 0.199. The van der Waals surface area contributed by atoms with E-state index < -0.39 is 6.09 Å². The molecule has 4 aromatic carbocycles. The predicted octanol–water partition coefficient (Wildman–Crippen LogP) is 7.39. The number of methoxy groups -OCH3 is 1. The van der Waals surface area contributed by atoms with E-state index in [0.29, 0.717) is 47.2 Å². The third-order valence-corrected chi connectivity index (χ3v) is 8.03. The van der Waals surface area contributed by atoms with Crippen LogP contribution in [0.4, 0.5) is 4.79 Å². The second kappa shape index (κ2) is 19.3. The molecule has 0 aliphatic heterocycles. The average Bonchev–Trinajstić information content (AvgIpc) is 3.09. The zero-order valence-electron chi connectivity index (χ0n) is 26.0. The molecule has 0 aliphatic carbocycles. The number of hydrogen-bond donors (Lipinski definition) is 2. The van der Waals surface area contributed by atoms with Gasteiger partial charge in [0.25, 0.3) is 5.91 Å². The number of hydrogen-bond acceptors (Lipinski definition) is 7. The van der Waals surface area contributed by atoms with Crippen molar-refractivity contribution >= 4 is 49.6 Å². The Bertz CT molecular complexity index is 1580. The summed E-state index contributed by atoms with van der Waals surface area (Å²) < 4.78 is 17.8. The number of halogens is 2. The number of carbonyl (C=O) groups is 2. The molecule has 0 aromatic heterocycles. The number of oxime groups is 1. The Balaban J connectivity index is 1.31. The summed E-state index contributed by atoms with van der Waals surface area (Å²) in [5.41, 5.74) is 4.01. The van der Waals surface area contributed by atoms with Gasteiger partial charge in [-0.25, -0.2) is 4.79 Å². The van der Waals surface area contributed by atoms with Crippen molar-refractivity contribution in [2.45, 2.75) is 32.5 Å². The zero-order valence-corrected chi connectivity index (χ0v) is 29.2. The molecule has 4 rings (SSSR count). The number of amides is 2. The summed E-state index contributed by atoms with van der Waals surface area (Å²) in [5.74, 6) is 1.05. The molecule has 0 saturated heterocycles. The van der Waals surface area contributed by atoms with Gasteiger partial charge in [0.15, 0.2) is 0 Å². The molecule has 0 heterocycles. The zero-order chi connectivity index (χ0) is 33.3. The van der Waals surface area contributed by atoms with Crippen LogP contribution in [0.1, 0.15) is 28.7 Å². The summed E-state index contributed by atoms with van der Waals surface area (Å²) >= 11 is 7.19. The van der Waals surface area contributed by atoms with E-state index in [0.717, 1.165) is 28.0 Å². The van der Waals surface area contributed by atoms with E-state index in [9.17, 15) is 9.59 Å². The van der Waals surface area contributed by atoms with Gasteiger partial charge in [0.2, 0.25) is 0 Å². The molecule has 0 spiro atoms. The van der Waals surface area contributed by atoms with E-state index in [2.05, 4.69) is 47.6 Å². The Hall–Kier alpha value is -4.35. The molecule has 0 fully saturated rings. The van der Waals surface area contributed by atoms with Crippen LogP contribution in [0.5, 0.6) is 11.5 Å². The van der Waals surface area contributed by atoms with Crippen molar-refractivity contribution in [3.8, 4) is 11.5 Å². The molecule has 4 aromatic rings. The van der Waals surface area contributed by atoms with Gasteiger partial charge < -0.3 is 29.7 Å². The summed E-state index contributed by atoms with van der Waals surface area (Å²) in [5, 5.41) is 9.94. The smallest absolute Gasteiger partial charge is 0.407 e. The van der Waals surface area contributed by atoms with Gasteiger partial charge in [0, 0.05) is 19.5 Å². The summed E-state index contributed by atoms with van der Waals surface area (Å²) in [6, 6.07) is 30.7. The van der Waals surface area contributed by atoms with E-state index in [4.69, 9.17) is 19.0 Å². The van der Waals surface area contributed by atoms with E-state index in [-0.39, 0.29) is 31.3 Å². The van der Waals surface area contributed by atoms with Crippen LogP contribution in [0.25, 0.3) is 0 Å². The molecule has 0 bridgehead atoms. The maximum absolute atomic E-state index is 13.2. The number of benzene rings is 4. The van der Waals surface area contributed by atoms with Gasteiger partial charge in [-0.1, -0.05) is 78.0 Å². The minimum atomic E-state index is -0.477. The largest absolute Gasteiger partial charge is 0.497 e. The summed E-state index contributed by atoms with van der Waals surface area (Å²) in [6.07, 6.45) is 1.02. The highest BCUT2D eigenvalue weighted by atomic mass is 79.9. The van der Waals surface area contributed by atoms with E-state index in [1.54, 1.807) is 7.11 Å². The van der Waals surface area contributed by atoms with Gasteiger partial charge in [-0.2, -0.15) is 0 Å². The quantitative estimate of drug-likeness (QED) is 0.0660. The van der Waals surface area contributed by atoms with Crippen molar-refractivity contribution in [3.63, 3.8) is 0 Å². The molecule has 2 amide bonds. The lowest BCUT2D eigenvalue weighted by atomic mass is 10.1. The second-order valence-corrected chi connectivity index (χ2v) is 12.1. The van der Waals surface area contributed by atoms with Crippen LogP contribution in [0, 0.1) is 0 Å². The summed E-state index contributed by atoms with van der Waals surface area (Å²) in [6.45, 7) is 1.64. The molecule has 0 atom stereocenters. The first-order valence-corrected chi connectivity index (χ1v) is 16.7. The number of nitrogens with one attached hydrogen (secondary N) is 2. The Kier molecular flexibility index (Phi) is 14.6. The number of carbonyl (C=O) groups excluding carboxylic acids is 2. The first kappa shape index (κ1) is 35.5. The highest BCUT2D eigenvalue weighted by Gasteiger charge is 2.17. The number of nitrogens with zero attached hydrogens (tertiary/aromatic N) is 1. The number of ether oxygens (including phenoxy) is 3. The molecule has 0 radical (unpaired) electrons. The highest BCUT2D eigenvalue weighted by molar-refractivity contribution is 9.11. The lowest BCUT2D eigenvalue weighted by molar-refractivity contribution is -0.115. The van der Waals surface area contributed by atoms with Crippen molar-refractivity contribution < 1.29 is 28.6 Å². The third kappa shape index (κ3) is 12.4. The van der Waals surface area contributed by atoms with Crippen LogP contribution < -0.4 is 20.1 Å². The number of rotatable bonds is 17. The molecule has 2 N–H and O–H groups in total. The van der Waals surface area contributed by atoms with Gasteiger partial charge in [-0.3, -0.25) is 4.79 Å². The first-order chi connectivity index (χ1) is 22.9. The topological polar surface area (TPSA) is 107 Å². The Morgan fingerprint density at radius 1 is 0.745 bits per heavy atom. The van der Waals surface area contributed by atoms with Crippen molar-refractivity contribution in [1.82, 2.24) is 10.6 Å². The molecule has 47 heavy (non-hydrogen) atoms. The maximum atomic E-state index is 13.2. The molecule has 9 nitrogen and oxygen atoms in total. The molecule has 0 unspecified atom stereocenters. The Labute approximate surface area is 291 Å². The molecule has 0 saturated carbocycles. The molecule has 11 heteroatoms. The lowest BCUT2D eigenvalue weighted by Gasteiger charge is -2.14. The molecular weight excluding hydrogens is 730 g/mol. The van der Waals surface area contributed by atoms with Crippen molar-refractivity contribution in [1.29, 1.82) is 0 Å². The standard InChI is InChI=1S/C36H37Br2N3O6/c1-44-30-15-13-28(14-16-30)25-47-41-33(35(42)39-19-17-26-9-4-2-5-10-26)23-29-21-31(37)34(32(38)22-29)45-20-8-18-40-36(43)46-24-27-11-6-3-7-12-27/h2-7,9-16,21-22H,8,17-20,23-25H2,1H3,(H,39,42)(H,40,43)/b41-33+. The van der Waals surface area contributed by atoms with Crippen LogP contribution >= 0.6 is 31.9 Å². The predicted molar refractivity (Wildman–Crippen MR) is 189 cm³/mol. The van der Waals surface area contributed by atoms with Crippen LogP contribution in [-0.2, 0) is 40.4 Å². The second-order valence-electron chi connectivity index (χ2n) is 10.4. The van der Waals surface area contributed by atoms with Crippen LogP contribution in [0.2, 0.25) is 0 Å². The first-order valence-electron chi connectivity index (χ1n) is 15.1. The van der Waals surface area contributed by atoms with Gasteiger partial charge >= 0.3 is 6.09 Å². The normalized spacial score (nSPS) is 11.0. The van der Waals surface area contributed by atoms with Gasteiger partial charge in [0.05, 0.1) is 22.7 Å². The monoisotopic (exact) mass is 765 g/mol. The molecule has 0 aliphatic rings. The maximum Gasteiger partial charge on any atom is 0.407 e. The average molecular weight is 768 g/mol. The van der Waals surface area contributed by atoms with Crippen LogP contribution in [0.3, 0.4) is 0 Å². The highest BCUT2D eigenvalue weighted by Crippen LogP contribution is 2.35. The number of alkyl carbamates (subject to hydrolysis) is 1. The fraction of sp³-hybridized carbons (Fsp3) is 0.250. The SMILES string of the molecule is COc1ccc(CO/N=C(\Cc2cc(Br)c(OCCCNC(=O)OCc3ccccc3)c(Br)c2)C(=O)NCCc2ccccc2)cc1. The minimum Gasteiger partial charge on any atom is -0.497 e. The van der Waals surface area contributed by atoms with Gasteiger partial charge in [0.1, 0.15) is 30.4 Å².